The molecule has 1 unspecified atom stereocenters. The molecule has 0 spiro atoms. The normalized spacial score (nSPS) is 19.7. The lowest BCUT2D eigenvalue weighted by Gasteiger charge is -2.31. The summed E-state index contributed by atoms with van der Waals surface area (Å²) < 4.78 is 0. The largest absolute Gasteiger partial charge is 0.355 e. The maximum absolute atomic E-state index is 11.9. The van der Waals surface area contributed by atoms with Gasteiger partial charge in [0.15, 0.2) is 0 Å². The first kappa shape index (κ1) is 16.4. The summed E-state index contributed by atoms with van der Waals surface area (Å²) in [6.45, 7) is 3.89. The first-order valence-corrected chi connectivity index (χ1v) is 7.25. The van der Waals surface area contributed by atoms with E-state index in [0.717, 1.165) is 32.5 Å². The van der Waals surface area contributed by atoms with E-state index in [-0.39, 0.29) is 24.2 Å². The standard InChI is InChI=1S/C12H20N4OS.ClH/c13-3-4-15-12(17)10-2-1-5-16(7-10)8-11-6-14-9-18-11;/h6,9-10H,1-5,7-8,13H2,(H,15,17);1H. The van der Waals surface area contributed by atoms with Gasteiger partial charge < -0.3 is 11.1 Å². The predicted molar refractivity (Wildman–Crippen MR) is 79.4 cm³/mol. The Morgan fingerprint density at radius 3 is 3.16 bits per heavy atom. The zero-order chi connectivity index (χ0) is 12.8. The molecule has 19 heavy (non-hydrogen) atoms. The Kier molecular flexibility index (Phi) is 7.30. The van der Waals surface area contributed by atoms with E-state index in [2.05, 4.69) is 15.2 Å². The van der Waals surface area contributed by atoms with Gasteiger partial charge in [0.1, 0.15) is 0 Å². The monoisotopic (exact) mass is 304 g/mol. The molecule has 5 nitrogen and oxygen atoms in total. The van der Waals surface area contributed by atoms with Gasteiger partial charge in [-0.3, -0.25) is 14.7 Å². The van der Waals surface area contributed by atoms with Crippen molar-refractivity contribution in [1.29, 1.82) is 0 Å². The number of carbonyl (C=O) groups is 1. The Morgan fingerprint density at radius 2 is 2.47 bits per heavy atom. The van der Waals surface area contributed by atoms with Gasteiger partial charge in [-0.1, -0.05) is 0 Å². The number of carbonyl (C=O) groups excluding carboxylic acids is 1. The summed E-state index contributed by atoms with van der Waals surface area (Å²) in [5.41, 5.74) is 7.25. The van der Waals surface area contributed by atoms with Gasteiger partial charge in [0.2, 0.25) is 5.91 Å². The second-order valence-electron chi connectivity index (χ2n) is 4.62. The average Bonchev–Trinajstić information content (AvgIpc) is 2.89. The summed E-state index contributed by atoms with van der Waals surface area (Å²) in [7, 11) is 0. The molecule has 1 atom stereocenters. The fraction of sp³-hybridized carbons (Fsp3) is 0.667. The number of nitrogens with zero attached hydrogens (tertiary/aromatic N) is 2. The zero-order valence-corrected chi connectivity index (χ0v) is 12.5. The number of hydrogen-bond acceptors (Lipinski definition) is 5. The molecule has 1 amide bonds. The first-order valence-electron chi connectivity index (χ1n) is 6.37. The number of aromatic nitrogens is 1. The number of thiazole rings is 1. The van der Waals surface area contributed by atoms with E-state index in [1.54, 1.807) is 11.3 Å². The second-order valence-corrected chi connectivity index (χ2v) is 5.59. The average molecular weight is 305 g/mol. The summed E-state index contributed by atoms with van der Waals surface area (Å²) >= 11 is 1.67. The molecule has 3 N–H and O–H groups in total. The van der Waals surface area contributed by atoms with E-state index >= 15 is 0 Å². The maximum Gasteiger partial charge on any atom is 0.224 e. The van der Waals surface area contributed by atoms with Crippen LogP contribution in [0.2, 0.25) is 0 Å². The van der Waals surface area contributed by atoms with Crippen LogP contribution < -0.4 is 11.1 Å². The summed E-state index contributed by atoms with van der Waals surface area (Å²) in [6, 6.07) is 0. The summed E-state index contributed by atoms with van der Waals surface area (Å²) in [5, 5.41) is 2.88. The molecule has 1 fully saturated rings. The van der Waals surface area contributed by atoms with Crippen molar-refractivity contribution < 1.29 is 4.79 Å². The van der Waals surface area contributed by atoms with Crippen LogP contribution in [-0.2, 0) is 11.3 Å². The van der Waals surface area contributed by atoms with E-state index in [9.17, 15) is 4.79 Å². The number of likely N-dealkylation sites (tertiary alicyclic amines) is 1. The van der Waals surface area contributed by atoms with Crippen molar-refractivity contribution in [3.8, 4) is 0 Å². The molecule has 2 heterocycles. The molecular formula is C12H21ClN4OS. The molecule has 1 aromatic rings. The third kappa shape index (κ3) is 5.06. The van der Waals surface area contributed by atoms with Crippen LogP contribution in [0.5, 0.6) is 0 Å². The predicted octanol–water partition coefficient (Wildman–Crippen LogP) is 0.852. The first-order chi connectivity index (χ1) is 8.79. The Bertz CT molecular complexity index is 374. The molecule has 108 valence electrons. The molecule has 1 aliphatic heterocycles. The third-order valence-corrected chi connectivity index (χ3v) is 3.95. The smallest absolute Gasteiger partial charge is 0.224 e. The maximum atomic E-state index is 11.9. The fourth-order valence-electron chi connectivity index (χ4n) is 2.29. The van der Waals surface area contributed by atoms with Gasteiger partial charge in [-0.2, -0.15) is 0 Å². The second kappa shape index (κ2) is 8.47. The van der Waals surface area contributed by atoms with Crippen LogP contribution in [0.25, 0.3) is 0 Å². The van der Waals surface area contributed by atoms with E-state index in [0.29, 0.717) is 13.1 Å². The van der Waals surface area contributed by atoms with Gasteiger partial charge >= 0.3 is 0 Å². The number of amides is 1. The molecule has 2 rings (SSSR count). The van der Waals surface area contributed by atoms with Gasteiger partial charge in [0.05, 0.1) is 11.4 Å². The summed E-state index contributed by atoms with van der Waals surface area (Å²) in [6.07, 6.45) is 3.97. The molecule has 1 aromatic heterocycles. The van der Waals surface area contributed by atoms with Gasteiger partial charge in [0, 0.05) is 37.3 Å². The number of nitrogens with two attached hydrogens (primary N) is 1. The quantitative estimate of drug-likeness (QED) is 0.846. The molecule has 0 radical (unpaired) electrons. The number of rotatable bonds is 5. The van der Waals surface area contributed by atoms with Crippen LogP contribution in [0.1, 0.15) is 17.7 Å². The molecule has 0 aliphatic carbocycles. The Hall–Kier alpha value is -0.690. The molecular weight excluding hydrogens is 284 g/mol. The van der Waals surface area contributed by atoms with Crippen LogP contribution in [0, 0.1) is 5.92 Å². The molecule has 0 saturated carbocycles. The number of piperidine rings is 1. The Balaban J connectivity index is 0.00000180. The van der Waals surface area contributed by atoms with Crippen LogP contribution in [0.3, 0.4) is 0 Å². The number of hydrogen-bond donors (Lipinski definition) is 2. The SMILES string of the molecule is Cl.NCCNC(=O)C1CCCN(Cc2cncs2)C1. The minimum atomic E-state index is 0. The molecule has 0 bridgehead atoms. The van der Waals surface area contributed by atoms with Crippen LogP contribution in [0.15, 0.2) is 11.7 Å². The minimum Gasteiger partial charge on any atom is -0.355 e. The lowest BCUT2D eigenvalue weighted by molar-refractivity contribution is -0.126. The molecule has 1 saturated heterocycles. The van der Waals surface area contributed by atoms with E-state index in [1.807, 2.05) is 11.7 Å². The lowest BCUT2D eigenvalue weighted by atomic mass is 9.97. The van der Waals surface area contributed by atoms with Gasteiger partial charge in [0.25, 0.3) is 0 Å². The van der Waals surface area contributed by atoms with Crippen LogP contribution >= 0.6 is 23.7 Å². The van der Waals surface area contributed by atoms with Crippen LogP contribution in [-0.4, -0.2) is 42.0 Å². The van der Waals surface area contributed by atoms with Crippen LogP contribution in [0.4, 0.5) is 0 Å². The van der Waals surface area contributed by atoms with E-state index < -0.39 is 0 Å². The van der Waals surface area contributed by atoms with Crippen molar-refractivity contribution in [2.45, 2.75) is 19.4 Å². The van der Waals surface area contributed by atoms with Crippen molar-refractivity contribution in [3.63, 3.8) is 0 Å². The highest BCUT2D eigenvalue weighted by Gasteiger charge is 2.25. The minimum absolute atomic E-state index is 0. The molecule has 1 aliphatic rings. The number of nitrogens with one attached hydrogen (secondary N) is 1. The van der Waals surface area contributed by atoms with Crippen molar-refractivity contribution >= 4 is 29.7 Å². The highest BCUT2D eigenvalue weighted by Crippen LogP contribution is 2.19. The third-order valence-electron chi connectivity index (χ3n) is 3.18. The zero-order valence-electron chi connectivity index (χ0n) is 10.9. The topological polar surface area (TPSA) is 71.2 Å². The summed E-state index contributed by atoms with van der Waals surface area (Å²) in [4.78, 5) is 19.6. The molecule has 7 heteroatoms. The molecule has 0 aromatic carbocycles. The fourth-order valence-corrected chi connectivity index (χ4v) is 2.93. The highest BCUT2D eigenvalue weighted by molar-refractivity contribution is 7.09. The van der Waals surface area contributed by atoms with Crippen molar-refractivity contribution in [3.05, 3.63) is 16.6 Å². The van der Waals surface area contributed by atoms with Crippen molar-refractivity contribution in [1.82, 2.24) is 15.2 Å². The van der Waals surface area contributed by atoms with Gasteiger partial charge in [-0.15, -0.1) is 23.7 Å². The summed E-state index contributed by atoms with van der Waals surface area (Å²) in [5.74, 6) is 0.257. The number of halogens is 1. The highest BCUT2D eigenvalue weighted by atomic mass is 35.5. The lowest BCUT2D eigenvalue weighted by Crippen LogP contribution is -2.43. The Morgan fingerprint density at radius 1 is 1.63 bits per heavy atom. The van der Waals surface area contributed by atoms with Crippen molar-refractivity contribution in [2.75, 3.05) is 26.2 Å². The van der Waals surface area contributed by atoms with Crippen molar-refractivity contribution in [2.24, 2.45) is 11.7 Å². The van der Waals surface area contributed by atoms with Gasteiger partial charge in [-0.25, -0.2) is 0 Å². The van der Waals surface area contributed by atoms with E-state index in [4.69, 9.17) is 5.73 Å². The van der Waals surface area contributed by atoms with Gasteiger partial charge in [-0.05, 0) is 19.4 Å². The Labute approximate surface area is 124 Å². The van der Waals surface area contributed by atoms with E-state index in [1.165, 1.54) is 4.88 Å².